The summed E-state index contributed by atoms with van der Waals surface area (Å²) in [6, 6.07) is 14.5. The SMILES string of the molecule is CS(O)(O)Oc1ccc(OCCc2ccc(CCC(=O)O)cc2)cc1. The Labute approximate surface area is 148 Å². The van der Waals surface area contributed by atoms with Gasteiger partial charge in [-0.1, -0.05) is 24.3 Å². The number of hydrogen-bond acceptors (Lipinski definition) is 5. The van der Waals surface area contributed by atoms with Crippen molar-refractivity contribution in [1.82, 2.24) is 0 Å². The van der Waals surface area contributed by atoms with E-state index in [1.54, 1.807) is 24.3 Å². The summed E-state index contributed by atoms with van der Waals surface area (Å²) in [5.74, 6) is 0.239. The van der Waals surface area contributed by atoms with Gasteiger partial charge in [0.15, 0.2) is 0 Å². The van der Waals surface area contributed by atoms with Crippen LogP contribution in [0.2, 0.25) is 0 Å². The minimum absolute atomic E-state index is 0.134. The Morgan fingerprint density at radius 2 is 1.44 bits per heavy atom. The summed E-state index contributed by atoms with van der Waals surface area (Å²) in [7, 11) is -3.03. The van der Waals surface area contributed by atoms with Crippen molar-refractivity contribution >= 4 is 16.8 Å². The Balaban J connectivity index is 1.77. The first-order valence-electron chi connectivity index (χ1n) is 7.77. The van der Waals surface area contributed by atoms with Crippen LogP contribution in [0.1, 0.15) is 17.5 Å². The van der Waals surface area contributed by atoms with E-state index in [9.17, 15) is 13.9 Å². The molecule has 0 bridgehead atoms. The number of aryl methyl sites for hydroxylation is 1. The Morgan fingerprint density at radius 3 is 1.96 bits per heavy atom. The standard InChI is InChI=1S/C18H22O6S/c1-25(21,22)24-17-9-7-16(8-10-17)23-13-12-15-4-2-14(3-5-15)6-11-18(19)20/h2-5,7-10,21-22H,6,11-13H2,1H3,(H,19,20). The van der Waals surface area contributed by atoms with E-state index in [1.807, 2.05) is 24.3 Å². The average molecular weight is 366 g/mol. The number of carboxylic acids is 1. The van der Waals surface area contributed by atoms with Crippen LogP contribution in [0.5, 0.6) is 11.5 Å². The molecule has 0 heterocycles. The molecule has 0 unspecified atom stereocenters. The molecule has 0 aliphatic carbocycles. The van der Waals surface area contributed by atoms with Crippen LogP contribution in [0.4, 0.5) is 0 Å². The fourth-order valence-corrected chi connectivity index (χ4v) is 2.66. The lowest BCUT2D eigenvalue weighted by Gasteiger charge is -2.21. The third kappa shape index (κ3) is 7.47. The Hall–Kier alpha value is -2.22. The first kappa shape index (κ1) is 19.1. The van der Waals surface area contributed by atoms with Crippen molar-refractivity contribution in [3.8, 4) is 11.5 Å². The van der Waals surface area contributed by atoms with Gasteiger partial charge in [0.2, 0.25) is 0 Å². The van der Waals surface area contributed by atoms with Crippen LogP contribution in [0, 0.1) is 0 Å². The largest absolute Gasteiger partial charge is 0.493 e. The maximum Gasteiger partial charge on any atom is 0.303 e. The fraction of sp³-hybridized carbons (Fsp3) is 0.278. The van der Waals surface area contributed by atoms with E-state index >= 15 is 0 Å². The summed E-state index contributed by atoms with van der Waals surface area (Å²) in [4.78, 5) is 10.6. The highest BCUT2D eigenvalue weighted by Crippen LogP contribution is 2.36. The predicted molar refractivity (Wildman–Crippen MR) is 97.4 cm³/mol. The van der Waals surface area contributed by atoms with Crippen molar-refractivity contribution < 1.29 is 27.9 Å². The number of hydrogen-bond donors (Lipinski definition) is 3. The van der Waals surface area contributed by atoms with Gasteiger partial charge in [0.05, 0.1) is 6.61 Å². The normalized spacial score (nSPS) is 11.8. The van der Waals surface area contributed by atoms with Crippen LogP contribution in [0.3, 0.4) is 0 Å². The second-order valence-corrected chi connectivity index (χ2v) is 7.32. The van der Waals surface area contributed by atoms with Crippen molar-refractivity contribution in [2.45, 2.75) is 19.3 Å². The molecular weight excluding hydrogens is 344 g/mol. The van der Waals surface area contributed by atoms with E-state index in [1.165, 1.54) is 6.26 Å². The molecule has 3 N–H and O–H groups in total. The van der Waals surface area contributed by atoms with Crippen molar-refractivity contribution in [3.05, 3.63) is 59.7 Å². The molecule has 0 radical (unpaired) electrons. The monoisotopic (exact) mass is 366 g/mol. The van der Waals surface area contributed by atoms with E-state index in [0.717, 1.165) is 17.5 Å². The Bertz CT molecular complexity index is 676. The van der Waals surface area contributed by atoms with Gasteiger partial charge in [-0.15, -0.1) is 0 Å². The number of carboxylic acid groups (broad SMARTS) is 1. The molecule has 136 valence electrons. The molecule has 2 aromatic carbocycles. The predicted octanol–water partition coefficient (Wildman–Crippen LogP) is 4.00. The van der Waals surface area contributed by atoms with E-state index in [-0.39, 0.29) is 6.42 Å². The lowest BCUT2D eigenvalue weighted by Crippen LogP contribution is -2.03. The van der Waals surface area contributed by atoms with Crippen LogP contribution in [-0.4, -0.2) is 33.0 Å². The van der Waals surface area contributed by atoms with Crippen molar-refractivity contribution in [2.24, 2.45) is 0 Å². The van der Waals surface area contributed by atoms with Crippen LogP contribution >= 0.6 is 10.9 Å². The molecule has 0 spiro atoms. The van der Waals surface area contributed by atoms with Gasteiger partial charge < -0.3 is 14.0 Å². The molecule has 0 amide bonds. The van der Waals surface area contributed by atoms with Gasteiger partial charge >= 0.3 is 5.97 Å². The molecule has 6 nitrogen and oxygen atoms in total. The lowest BCUT2D eigenvalue weighted by molar-refractivity contribution is -0.136. The molecule has 0 saturated carbocycles. The van der Waals surface area contributed by atoms with E-state index in [4.69, 9.17) is 14.0 Å². The van der Waals surface area contributed by atoms with E-state index < -0.39 is 16.8 Å². The maximum atomic E-state index is 10.6. The minimum Gasteiger partial charge on any atom is -0.493 e. The van der Waals surface area contributed by atoms with E-state index in [0.29, 0.717) is 24.5 Å². The van der Waals surface area contributed by atoms with Crippen LogP contribution in [0.15, 0.2) is 48.5 Å². The topological polar surface area (TPSA) is 96.2 Å². The molecule has 2 aromatic rings. The zero-order valence-electron chi connectivity index (χ0n) is 13.9. The average Bonchev–Trinajstić information content (AvgIpc) is 2.54. The van der Waals surface area contributed by atoms with Gasteiger partial charge in [-0.25, -0.2) is 0 Å². The Morgan fingerprint density at radius 1 is 0.920 bits per heavy atom. The highest BCUT2D eigenvalue weighted by molar-refractivity contribution is 8.19. The quantitative estimate of drug-likeness (QED) is 0.621. The van der Waals surface area contributed by atoms with E-state index in [2.05, 4.69) is 0 Å². The van der Waals surface area contributed by atoms with Crippen molar-refractivity contribution in [2.75, 3.05) is 12.9 Å². The molecule has 7 heteroatoms. The number of rotatable bonds is 9. The molecule has 0 atom stereocenters. The van der Waals surface area contributed by atoms with Gasteiger partial charge in [0, 0.05) is 19.1 Å². The van der Waals surface area contributed by atoms with Gasteiger partial charge in [-0.05, 0) is 41.8 Å². The number of aliphatic carboxylic acids is 1. The zero-order chi connectivity index (χ0) is 18.3. The molecule has 2 rings (SSSR count). The summed E-state index contributed by atoms with van der Waals surface area (Å²) in [6.45, 7) is 0.498. The molecule has 0 aliphatic heterocycles. The second-order valence-electron chi connectivity index (χ2n) is 5.63. The molecule has 0 saturated heterocycles. The Kier molecular flexibility index (Phi) is 6.69. The third-order valence-electron chi connectivity index (χ3n) is 3.39. The van der Waals surface area contributed by atoms with Gasteiger partial charge in [-0.2, -0.15) is 0 Å². The molecule has 25 heavy (non-hydrogen) atoms. The summed E-state index contributed by atoms with van der Waals surface area (Å²) in [5, 5.41) is 8.68. The number of ether oxygens (including phenoxy) is 1. The van der Waals surface area contributed by atoms with Crippen LogP contribution < -0.4 is 8.92 Å². The highest BCUT2D eigenvalue weighted by atomic mass is 32.3. The maximum absolute atomic E-state index is 10.6. The molecular formula is C18H22O6S. The molecule has 0 fully saturated rings. The minimum atomic E-state index is -3.03. The third-order valence-corrected chi connectivity index (χ3v) is 3.90. The van der Waals surface area contributed by atoms with Gasteiger partial charge in [0.25, 0.3) is 0 Å². The van der Waals surface area contributed by atoms with Crippen molar-refractivity contribution in [1.29, 1.82) is 0 Å². The lowest BCUT2D eigenvalue weighted by atomic mass is 10.1. The highest BCUT2D eigenvalue weighted by Gasteiger charge is 2.10. The number of carbonyl (C=O) groups is 1. The van der Waals surface area contributed by atoms with Crippen molar-refractivity contribution in [3.63, 3.8) is 0 Å². The first-order chi connectivity index (χ1) is 11.8. The van der Waals surface area contributed by atoms with Gasteiger partial charge in [0.1, 0.15) is 22.4 Å². The summed E-state index contributed by atoms with van der Waals surface area (Å²) in [5.41, 5.74) is 2.11. The molecule has 0 aromatic heterocycles. The molecule has 0 aliphatic rings. The smallest absolute Gasteiger partial charge is 0.303 e. The second kappa shape index (κ2) is 8.75. The first-order valence-corrected chi connectivity index (χ1v) is 9.65. The van der Waals surface area contributed by atoms with Crippen LogP contribution in [0.25, 0.3) is 0 Å². The summed E-state index contributed by atoms with van der Waals surface area (Å²) < 4.78 is 29.1. The number of benzene rings is 2. The zero-order valence-corrected chi connectivity index (χ0v) is 14.7. The summed E-state index contributed by atoms with van der Waals surface area (Å²) >= 11 is 0. The van der Waals surface area contributed by atoms with Crippen LogP contribution in [-0.2, 0) is 17.6 Å². The fourth-order valence-electron chi connectivity index (χ4n) is 2.18. The van der Waals surface area contributed by atoms with Gasteiger partial charge in [-0.3, -0.25) is 13.9 Å². The summed E-state index contributed by atoms with van der Waals surface area (Å²) in [6.07, 6.45) is 2.61.